The van der Waals surface area contributed by atoms with Gasteiger partial charge < -0.3 is 4.98 Å². The normalized spacial score (nSPS) is 9.89. The molecule has 2 heterocycles. The van der Waals surface area contributed by atoms with Crippen LogP contribution in [-0.2, 0) is 6.42 Å². The highest BCUT2D eigenvalue weighted by molar-refractivity contribution is 6.08. The predicted molar refractivity (Wildman–Crippen MR) is 68.8 cm³/mol. The Morgan fingerprint density at radius 3 is 2.84 bits per heavy atom. The monoisotopic (exact) mass is 253 g/mol. The van der Waals surface area contributed by atoms with Crippen molar-refractivity contribution in [3.8, 4) is 6.07 Å². The van der Waals surface area contributed by atoms with Crippen molar-refractivity contribution in [2.75, 3.05) is 0 Å². The summed E-state index contributed by atoms with van der Waals surface area (Å²) in [5, 5.41) is 8.86. The third-order valence-corrected chi connectivity index (χ3v) is 2.74. The van der Waals surface area contributed by atoms with Crippen LogP contribution in [0.2, 0.25) is 0 Å². The maximum atomic E-state index is 12.3. The van der Waals surface area contributed by atoms with Crippen LogP contribution < -0.4 is 5.56 Å². The molecule has 2 aromatic heterocycles. The Bertz CT molecular complexity index is 712. The molecule has 0 bridgehead atoms. The van der Waals surface area contributed by atoms with E-state index < -0.39 is 5.56 Å². The van der Waals surface area contributed by atoms with Crippen molar-refractivity contribution in [3.63, 3.8) is 0 Å². The van der Waals surface area contributed by atoms with E-state index in [2.05, 4.69) is 9.97 Å². The first-order valence-electron chi connectivity index (χ1n) is 5.79. The van der Waals surface area contributed by atoms with Crippen LogP contribution in [0.25, 0.3) is 0 Å². The van der Waals surface area contributed by atoms with Crippen molar-refractivity contribution in [2.45, 2.75) is 13.3 Å². The number of nitriles is 1. The second-order valence-electron chi connectivity index (χ2n) is 3.91. The van der Waals surface area contributed by atoms with Crippen LogP contribution in [0.3, 0.4) is 0 Å². The van der Waals surface area contributed by atoms with E-state index in [1.165, 1.54) is 12.3 Å². The maximum Gasteiger partial charge on any atom is 0.266 e. The fourth-order valence-electron chi connectivity index (χ4n) is 1.77. The van der Waals surface area contributed by atoms with E-state index in [1.807, 2.05) is 6.92 Å². The molecule has 0 saturated carbocycles. The third-order valence-electron chi connectivity index (χ3n) is 2.74. The Labute approximate surface area is 109 Å². The number of rotatable bonds is 3. The van der Waals surface area contributed by atoms with Crippen molar-refractivity contribution in [1.82, 2.24) is 9.97 Å². The first-order chi connectivity index (χ1) is 9.17. The van der Waals surface area contributed by atoms with Crippen LogP contribution >= 0.6 is 0 Å². The molecule has 0 amide bonds. The minimum Gasteiger partial charge on any atom is -0.324 e. The van der Waals surface area contributed by atoms with E-state index in [4.69, 9.17) is 5.26 Å². The number of ketones is 1. The maximum absolute atomic E-state index is 12.3. The molecule has 2 aromatic rings. The number of nitrogens with zero attached hydrogens (tertiary/aromatic N) is 2. The summed E-state index contributed by atoms with van der Waals surface area (Å²) in [7, 11) is 0. The van der Waals surface area contributed by atoms with Gasteiger partial charge in [-0.25, -0.2) is 0 Å². The SMILES string of the molecule is CCc1[nH]c(=O)c(C#N)cc1C(=O)c1ccccn1. The van der Waals surface area contributed by atoms with Gasteiger partial charge in [-0.3, -0.25) is 14.6 Å². The van der Waals surface area contributed by atoms with Gasteiger partial charge in [0.15, 0.2) is 0 Å². The van der Waals surface area contributed by atoms with Crippen molar-refractivity contribution in [3.05, 3.63) is 63.3 Å². The van der Waals surface area contributed by atoms with E-state index >= 15 is 0 Å². The van der Waals surface area contributed by atoms with E-state index in [0.29, 0.717) is 17.7 Å². The Balaban J connectivity index is 2.59. The van der Waals surface area contributed by atoms with E-state index in [1.54, 1.807) is 24.3 Å². The highest BCUT2D eigenvalue weighted by Crippen LogP contribution is 2.12. The molecule has 0 aliphatic rings. The average molecular weight is 253 g/mol. The third kappa shape index (κ3) is 2.43. The van der Waals surface area contributed by atoms with Crippen molar-refractivity contribution in [1.29, 1.82) is 5.26 Å². The molecule has 0 aliphatic heterocycles. The van der Waals surface area contributed by atoms with Gasteiger partial charge in [0, 0.05) is 17.5 Å². The van der Waals surface area contributed by atoms with Gasteiger partial charge in [-0.05, 0) is 24.6 Å². The van der Waals surface area contributed by atoms with Crippen molar-refractivity contribution < 1.29 is 4.79 Å². The molecule has 0 unspecified atom stereocenters. The highest BCUT2D eigenvalue weighted by atomic mass is 16.1. The minimum atomic E-state index is -0.475. The molecule has 5 heteroatoms. The van der Waals surface area contributed by atoms with Crippen LogP contribution in [0, 0.1) is 11.3 Å². The summed E-state index contributed by atoms with van der Waals surface area (Å²) in [6.45, 7) is 1.83. The second kappa shape index (κ2) is 5.27. The number of H-pyrrole nitrogens is 1. The lowest BCUT2D eigenvalue weighted by Crippen LogP contribution is -2.18. The molecule has 19 heavy (non-hydrogen) atoms. The summed E-state index contributed by atoms with van der Waals surface area (Å²) in [5.74, 6) is -0.301. The zero-order chi connectivity index (χ0) is 13.8. The molecule has 2 rings (SSSR count). The van der Waals surface area contributed by atoms with Crippen LogP contribution in [0.4, 0.5) is 0 Å². The fraction of sp³-hybridized carbons (Fsp3) is 0.143. The Kier molecular flexibility index (Phi) is 3.53. The molecular formula is C14H11N3O2. The summed E-state index contributed by atoms with van der Waals surface area (Å²) in [6, 6.07) is 8.13. The molecule has 0 fully saturated rings. The van der Waals surface area contributed by atoms with Gasteiger partial charge in [-0.1, -0.05) is 13.0 Å². The van der Waals surface area contributed by atoms with E-state index in [-0.39, 0.29) is 17.0 Å². The van der Waals surface area contributed by atoms with Gasteiger partial charge in [0.05, 0.1) is 0 Å². The largest absolute Gasteiger partial charge is 0.324 e. The Morgan fingerprint density at radius 1 is 1.47 bits per heavy atom. The summed E-state index contributed by atoms with van der Waals surface area (Å²) < 4.78 is 0. The molecule has 0 aliphatic carbocycles. The zero-order valence-corrected chi connectivity index (χ0v) is 10.3. The summed E-state index contributed by atoms with van der Waals surface area (Å²) in [6.07, 6.45) is 2.02. The molecule has 5 nitrogen and oxygen atoms in total. The number of nitrogens with one attached hydrogen (secondary N) is 1. The summed E-state index contributed by atoms with van der Waals surface area (Å²) in [4.78, 5) is 30.4. The summed E-state index contributed by atoms with van der Waals surface area (Å²) >= 11 is 0. The number of carbonyl (C=O) groups is 1. The Hall–Kier alpha value is -2.74. The van der Waals surface area contributed by atoms with Crippen LogP contribution in [0.1, 0.15) is 34.2 Å². The average Bonchev–Trinajstić information content (AvgIpc) is 2.47. The first kappa shape index (κ1) is 12.7. The number of hydrogen-bond donors (Lipinski definition) is 1. The van der Waals surface area contributed by atoms with Crippen LogP contribution in [0.5, 0.6) is 0 Å². The first-order valence-corrected chi connectivity index (χ1v) is 5.79. The molecule has 0 saturated heterocycles. The molecule has 0 aromatic carbocycles. The molecule has 0 radical (unpaired) electrons. The lowest BCUT2D eigenvalue weighted by molar-refractivity contribution is 0.103. The van der Waals surface area contributed by atoms with E-state index in [9.17, 15) is 9.59 Å². The minimum absolute atomic E-state index is 0.0727. The van der Waals surface area contributed by atoms with Crippen molar-refractivity contribution in [2.24, 2.45) is 0 Å². The summed E-state index contributed by atoms with van der Waals surface area (Å²) in [5.41, 5.74) is 0.568. The number of aromatic amines is 1. The number of hydrogen-bond acceptors (Lipinski definition) is 4. The number of carbonyl (C=O) groups excluding carboxylic acids is 1. The predicted octanol–water partition coefficient (Wildman–Crippen LogP) is 1.43. The molecule has 0 atom stereocenters. The molecule has 1 N–H and O–H groups in total. The number of aromatic nitrogens is 2. The second-order valence-corrected chi connectivity index (χ2v) is 3.91. The topological polar surface area (TPSA) is 86.6 Å². The zero-order valence-electron chi connectivity index (χ0n) is 10.3. The quantitative estimate of drug-likeness (QED) is 0.838. The lowest BCUT2D eigenvalue weighted by Gasteiger charge is -2.06. The lowest BCUT2D eigenvalue weighted by atomic mass is 10.0. The molecule has 94 valence electrons. The fourth-order valence-corrected chi connectivity index (χ4v) is 1.77. The van der Waals surface area contributed by atoms with Crippen molar-refractivity contribution >= 4 is 5.78 Å². The van der Waals surface area contributed by atoms with Gasteiger partial charge in [-0.2, -0.15) is 5.26 Å². The van der Waals surface area contributed by atoms with Gasteiger partial charge in [0.2, 0.25) is 5.78 Å². The standard InChI is InChI=1S/C14H11N3O2/c1-2-11-10(7-9(8-15)14(19)17-11)13(18)12-5-3-4-6-16-12/h3-7H,2H2,1H3,(H,17,19). The van der Waals surface area contributed by atoms with Gasteiger partial charge in [0.1, 0.15) is 17.3 Å². The van der Waals surface area contributed by atoms with Crippen LogP contribution in [-0.4, -0.2) is 15.8 Å². The molecule has 0 spiro atoms. The van der Waals surface area contributed by atoms with Crippen LogP contribution in [0.15, 0.2) is 35.3 Å². The van der Waals surface area contributed by atoms with Gasteiger partial charge in [0.25, 0.3) is 5.56 Å². The highest BCUT2D eigenvalue weighted by Gasteiger charge is 2.16. The van der Waals surface area contributed by atoms with Gasteiger partial charge >= 0.3 is 0 Å². The molecular weight excluding hydrogens is 242 g/mol. The smallest absolute Gasteiger partial charge is 0.266 e. The van der Waals surface area contributed by atoms with E-state index in [0.717, 1.165) is 0 Å². The number of pyridine rings is 2. The number of aryl methyl sites for hydroxylation is 1. The Morgan fingerprint density at radius 2 is 2.26 bits per heavy atom. The van der Waals surface area contributed by atoms with Gasteiger partial charge in [-0.15, -0.1) is 0 Å².